The van der Waals surface area contributed by atoms with Gasteiger partial charge in [0.2, 0.25) is 0 Å². The molecule has 0 saturated heterocycles. The number of rotatable bonds is 17. The third-order valence-corrected chi connectivity index (χ3v) is 5.63. The minimum atomic E-state index is -0.624. The lowest BCUT2D eigenvalue weighted by Crippen LogP contribution is -2.33. The second-order valence-electron chi connectivity index (χ2n) is 8.19. The molecule has 1 atom stereocenters. The Bertz CT molecular complexity index is 296. The van der Waals surface area contributed by atoms with Gasteiger partial charge in [-0.3, -0.25) is 4.79 Å². The molecule has 0 radical (unpaired) electrons. The molecule has 0 heterocycles. The van der Waals surface area contributed by atoms with Crippen molar-refractivity contribution in [2.24, 2.45) is 11.3 Å². The van der Waals surface area contributed by atoms with Crippen LogP contribution in [0, 0.1) is 11.3 Å². The van der Waals surface area contributed by atoms with E-state index in [2.05, 4.69) is 13.8 Å². The van der Waals surface area contributed by atoms with Crippen molar-refractivity contribution in [3.05, 3.63) is 0 Å². The Morgan fingerprint density at radius 1 is 0.708 bits per heavy atom. The Balaban J connectivity index is 4.09. The molecular formula is C22H44O2. The van der Waals surface area contributed by atoms with Gasteiger partial charge < -0.3 is 5.11 Å². The van der Waals surface area contributed by atoms with E-state index >= 15 is 0 Å². The SMILES string of the molecule is CCCCCCCCCC(CCCCCCCC)C(C)(C)C(=O)O. The molecule has 0 fully saturated rings. The Labute approximate surface area is 151 Å². The minimum Gasteiger partial charge on any atom is -0.481 e. The van der Waals surface area contributed by atoms with Gasteiger partial charge in [-0.25, -0.2) is 0 Å². The largest absolute Gasteiger partial charge is 0.481 e. The van der Waals surface area contributed by atoms with E-state index in [9.17, 15) is 9.90 Å². The summed E-state index contributed by atoms with van der Waals surface area (Å²) in [6, 6.07) is 0. The third-order valence-electron chi connectivity index (χ3n) is 5.63. The van der Waals surface area contributed by atoms with Crippen molar-refractivity contribution in [1.82, 2.24) is 0 Å². The second-order valence-corrected chi connectivity index (χ2v) is 8.19. The van der Waals surface area contributed by atoms with Crippen molar-refractivity contribution in [1.29, 1.82) is 0 Å². The molecule has 0 saturated carbocycles. The monoisotopic (exact) mass is 340 g/mol. The molecule has 1 unspecified atom stereocenters. The van der Waals surface area contributed by atoms with E-state index in [1.807, 2.05) is 13.8 Å². The predicted octanol–water partition coefficient (Wildman–Crippen LogP) is 7.60. The molecule has 0 aliphatic carbocycles. The summed E-state index contributed by atoms with van der Waals surface area (Å²) in [6.45, 7) is 8.35. The highest BCUT2D eigenvalue weighted by atomic mass is 16.4. The predicted molar refractivity (Wildman–Crippen MR) is 106 cm³/mol. The summed E-state index contributed by atoms with van der Waals surface area (Å²) in [6.07, 6.45) is 19.0. The molecule has 0 aromatic heterocycles. The van der Waals surface area contributed by atoms with Crippen LogP contribution in [0.5, 0.6) is 0 Å². The van der Waals surface area contributed by atoms with E-state index in [1.165, 1.54) is 83.5 Å². The van der Waals surface area contributed by atoms with Crippen molar-refractivity contribution < 1.29 is 9.90 Å². The van der Waals surface area contributed by atoms with Crippen molar-refractivity contribution in [3.8, 4) is 0 Å². The topological polar surface area (TPSA) is 37.3 Å². The first-order valence-electron chi connectivity index (χ1n) is 10.7. The fourth-order valence-corrected chi connectivity index (χ4v) is 3.56. The average molecular weight is 341 g/mol. The van der Waals surface area contributed by atoms with Crippen molar-refractivity contribution >= 4 is 5.97 Å². The van der Waals surface area contributed by atoms with Crippen LogP contribution in [0.2, 0.25) is 0 Å². The van der Waals surface area contributed by atoms with Gasteiger partial charge in [0.15, 0.2) is 0 Å². The number of aliphatic carboxylic acids is 1. The normalized spacial score (nSPS) is 13.2. The van der Waals surface area contributed by atoms with Gasteiger partial charge in [-0.1, -0.05) is 97.3 Å². The molecule has 0 aromatic carbocycles. The van der Waals surface area contributed by atoms with Crippen LogP contribution in [0.4, 0.5) is 0 Å². The van der Waals surface area contributed by atoms with Crippen molar-refractivity contribution in [3.63, 3.8) is 0 Å². The molecule has 0 spiro atoms. The Hall–Kier alpha value is -0.530. The van der Waals surface area contributed by atoms with Gasteiger partial charge in [-0.15, -0.1) is 0 Å². The summed E-state index contributed by atoms with van der Waals surface area (Å²) in [4.78, 5) is 11.6. The van der Waals surface area contributed by atoms with Crippen LogP contribution in [0.1, 0.15) is 124 Å². The highest BCUT2D eigenvalue weighted by Gasteiger charge is 2.35. The van der Waals surface area contributed by atoms with Crippen molar-refractivity contribution in [2.45, 2.75) is 124 Å². The van der Waals surface area contributed by atoms with Gasteiger partial charge in [0.05, 0.1) is 5.41 Å². The molecule has 1 N–H and O–H groups in total. The van der Waals surface area contributed by atoms with Crippen LogP contribution in [0.3, 0.4) is 0 Å². The summed E-state index contributed by atoms with van der Waals surface area (Å²) in [5.41, 5.74) is -0.578. The standard InChI is InChI=1S/C22H44O2/c1-5-7-9-11-13-15-17-19-20(22(3,4)21(23)24)18-16-14-12-10-8-6-2/h20H,5-19H2,1-4H3,(H,23,24). The summed E-state index contributed by atoms with van der Waals surface area (Å²) < 4.78 is 0. The van der Waals surface area contributed by atoms with Crippen LogP contribution in [0.25, 0.3) is 0 Å². The van der Waals surface area contributed by atoms with Gasteiger partial charge in [-0.2, -0.15) is 0 Å². The van der Waals surface area contributed by atoms with Gasteiger partial charge >= 0.3 is 5.97 Å². The molecule has 0 aromatic rings. The van der Waals surface area contributed by atoms with E-state index in [0.29, 0.717) is 5.92 Å². The van der Waals surface area contributed by atoms with E-state index in [0.717, 1.165) is 12.8 Å². The molecule has 0 amide bonds. The van der Waals surface area contributed by atoms with Crippen LogP contribution in [-0.4, -0.2) is 11.1 Å². The second kappa shape index (κ2) is 14.8. The molecule has 24 heavy (non-hydrogen) atoms. The van der Waals surface area contributed by atoms with E-state index in [1.54, 1.807) is 0 Å². The van der Waals surface area contributed by atoms with Crippen LogP contribution >= 0.6 is 0 Å². The quantitative estimate of drug-likeness (QED) is 0.277. The molecule has 2 heteroatoms. The van der Waals surface area contributed by atoms with Crippen LogP contribution in [0.15, 0.2) is 0 Å². The van der Waals surface area contributed by atoms with E-state index in [4.69, 9.17) is 0 Å². The number of carbonyl (C=O) groups is 1. The maximum absolute atomic E-state index is 11.6. The Morgan fingerprint density at radius 2 is 1.04 bits per heavy atom. The third kappa shape index (κ3) is 11.1. The smallest absolute Gasteiger partial charge is 0.309 e. The summed E-state index contributed by atoms with van der Waals surface area (Å²) in [7, 11) is 0. The van der Waals surface area contributed by atoms with E-state index in [-0.39, 0.29) is 0 Å². The highest BCUT2D eigenvalue weighted by Crippen LogP contribution is 2.35. The lowest BCUT2D eigenvalue weighted by molar-refractivity contribution is -0.150. The molecule has 0 rings (SSSR count). The van der Waals surface area contributed by atoms with Gasteiger partial charge in [-0.05, 0) is 32.6 Å². The number of unbranched alkanes of at least 4 members (excludes halogenated alkanes) is 11. The maximum Gasteiger partial charge on any atom is 0.309 e. The van der Waals surface area contributed by atoms with Gasteiger partial charge in [0, 0.05) is 0 Å². The zero-order chi connectivity index (χ0) is 18.3. The van der Waals surface area contributed by atoms with Gasteiger partial charge in [0.1, 0.15) is 0 Å². The Morgan fingerprint density at radius 3 is 1.38 bits per heavy atom. The average Bonchev–Trinajstić information content (AvgIpc) is 2.54. The molecule has 144 valence electrons. The van der Waals surface area contributed by atoms with Crippen LogP contribution < -0.4 is 0 Å². The lowest BCUT2D eigenvalue weighted by Gasteiger charge is -2.30. The molecule has 0 aliphatic heterocycles. The molecular weight excluding hydrogens is 296 g/mol. The maximum atomic E-state index is 11.6. The first-order valence-corrected chi connectivity index (χ1v) is 10.7. The number of carboxylic acids is 1. The highest BCUT2D eigenvalue weighted by molar-refractivity contribution is 5.74. The lowest BCUT2D eigenvalue weighted by atomic mass is 9.73. The first kappa shape index (κ1) is 23.5. The first-order chi connectivity index (χ1) is 11.5. The Kier molecular flexibility index (Phi) is 14.5. The van der Waals surface area contributed by atoms with Crippen molar-refractivity contribution in [2.75, 3.05) is 0 Å². The fraction of sp³-hybridized carbons (Fsp3) is 0.955. The molecule has 2 nitrogen and oxygen atoms in total. The zero-order valence-electron chi connectivity index (χ0n) is 17.0. The number of hydrogen-bond donors (Lipinski definition) is 1. The number of hydrogen-bond acceptors (Lipinski definition) is 1. The van der Waals surface area contributed by atoms with E-state index < -0.39 is 11.4 Å². The van der Waals surface area contributed by atoms with Gasteiger partial charge in [0.25, 0.3) is 0 Å². The summed E-state index contributed by atoms with van der Waals surface area (Å²) >= 11 is 0. The summed E-state index contributed by atoms with van der Waals surface area (Å²) in [5, 5.41) is 9.58. The summed E-state index contributed by atoms with van der Waals surface area (Å²) in [5.74, 6) is -0.293. The number of carboxylic acid groups (broad SMARTS) is 1. The zero-order valence-corrected chi connectivity index (χ0v) is 17.0. The van der Waals surface area contributed by atoms with Crippen LogP contribution in [-0.2, 0) is 4.79 Å². The fourth-order valence-electron chi connectivity index (χ4n) is 3.56. The minimum absolute atomic E-state index is 0.330. The molecule has 0 aliphatic rings. The molecule has 0 bridgehead atoms.